The Morgan fingerprint density at radius 3 is 2.63 bits per heavy atom. The number of urea groups is 1. The molecule has 1 saturated heterocycles. The molecule has 0 bridgehead atoms. The third kappa shape index (κ3) is 3.23. The van der Waals surface area contributed by atoms with Gasteiger partial charge in [-0.3, -0.25) is 14.5 Å². The molecule has 2 fully saturated rings. The number of rotatable bonds is 5. The molecule has 0 spiro atoms. The zero-order valence-corrected chi connectivity index (χ0v) is 17.2. The summed E-state index contributed by atoms with van der Waals surface area (Å²) in [7, 11) is 0. The molecule has 2 aliphatic rings. The van der Waals surface area contributed by atoms with Crippen molar-refractivity contribution in [3.8, 4) is 10.6 Å². The maximum atomic E-state index is 12.6. The smallest absolute Gasteiger partial charge is 0.325 e. The lowest BCUT2D eigenvalue weighted by Crippen LogP contribution is -2.46. The van der Waals surface area contributed by atoms with Crippen molar-refractivity contribution in [2.75, 3.05) is 11.9 Å². The summed E-state index contributed by atoms with van der Waals surface area (Å²) >= 11 is 1.61. The number of nitrogens with zero attached hydrogens (tertiary/aromatic N) is 2. The van der Waals surface area contributed by atoms with E-state index in [0.29, 0.717) is 5.69 Å². The maximum Gasteiger partial charge on any atom is 0.325 e. The van der Waals surface area contributed by atoms with E-state index in [-0.39, 0.29) is 18.4 Å². The largest absolute Gasteiger partial charge is 0.325 e. The molecule has 2 heterocycles. The van der Waals surface area contributed by atoms with Gasteiger partial charge in [0.2, 0.25) is 5.91 Å². The van der Waals surface area contributed by atoms with E-state index >= 15 is 0 Å². The van der Waals surface area contributed by atoms with Crippen LogP contribution in [-0.2, 0) is 9.59 Å². The fraction of sp³-hybridized carbons (Fsp3) is 0.273. The van der Waals surface area contributed by atoms with Crippen LogP contribution in [0.15, 0.2) is 48.5 Å². The summed E-state index contributed by atoms with van der Waals surface area (Å²) in [5.74, 6) is -0.570. The molecule has 0 radical (unpaired) electrons. The molecule has 152 valence electrons. The van der Waals surface area contributed by atoms with Crippen LogP contribution in [0.3, 0.4) is 0 Å². The number of anilines is 1. The van der Waals surface area contributed by atoms with E-state index in [2.05, 4.69) is 15.6 Å². The van der Waals surface area contributed by atoms with Crippen LogP contribution in [0.25, 0.3) is 20.8 Å². The predicted octanol–water partition coefficient (Wildman–Crippen LogP) is 3.62. The average Bonchev–Trinajstić information content (AvgIpc) is 3.47. The van der Waals surface area contributed by atoms with Gasteiger partial charge in [-0.05, 0) is 62.1 Å². The predicted molar refractivity (Wildman–Crippen MR) is 115 cm³/mol. The zero-order chi connectivity index (χ0) is 20.9. The second-order valence-corrected chi connectivity index (χ2v) is 8.94. The molecule has 5 rings (SSSR count). The number of nitrogens with one attached hydrogen (secondary N) is 2. The summed E-state index contributed by atoms with van der Waals surface area (Å²) in [4.78, 5) is 42.9. The number of carbonyl (C=O) groups excluding carboxylic acids is 3. The Morgan fingerprint density at radius 2 is 1.93 bits per heavy atom. The number of para-hydroxylation sites is 1. The summed E-state index contributed by atoms with van der Waals surface area (Å²) in [5.41, 5.74) is 1.64. The van der Waals surface area contributed by atoms with E-state index in [1.807, 2.05) is 36.4 Å². The number of imide groups is 1. The number of carbonyl (C=O) groups is 3. The molecule has 7 nitrogen and oxygen atoms in total. The first-order valence-electron chi connectivity index (χ1n) is 9.84. The van der Waals surface area contributed by atoms with E-state index in [1.54, 1.807) is 30.4 Å². The Labute approximate surface area is 177 Å². The van der Waals surface area contributed by atoms with Crippen LogP contribution in [0.2, 0.25) is 0 Å². The van der Waals surface area contributed by atoms with Crippen LogP contribution >= 0.6 is 11.3 Å². The van der Waals surface area contributed by atoms with Gasteiger partial charge in [0.05, 0.1) is 10.2 Å². The number of benzene rings is 2. The van der Waals surface area contributed by atoms with E-state index < -0.39 is 17.5 Å². The second kappa shape index (κ2) is 6.91. The first-order valence-corrected chi connectivity index (χ1v) is 10.7. The van der Waals surface area contributed by atoms with E-state index in [9.17, 15) is 14.4 Å². The fourth-order valence-electron chi connectivity index (χ4n) is 3.83. The van der Waals surface area contributed by atoms with Crippen molar-refractivity contribution in [1.29, 1.82) is 0 Å². The summed E-state index contributed by atoms with van der Waals surface area (Å²) in [6.07, 6.45) is 1.84. The van der Waals surface area contributed by atoms with E-state index in [0.717, 1.165) is 38.5 Å². The van der Waals surface area contributed by atoms with Crippen molar-refractivity contribution in [1.82, 2.24) is 15.2 Å². The quantitative estimate of drug-likeness (QED) is 0.617. The Bertz CT molecular complexity index is 1140. The van der Waals surface area contributed by atoms with Gasteiger partial charge in [-0.1, -0.05) is 12.1 Å². The summed E-state index contributed by atoms with van der Waals surface area (Å²) < 4.78 is 1.12. The Morgan fingerprint density at radius 1 is 1.20 bits per heavy atom. The van der Waals surface area contributed by atoms with Crippen molar-refractivity contribution in [2.24, 2.45) is 5.92 Å². The molecule has 1 aliphatic heterocycles. The highest BCUT2D eigenvalue weighted by molar-refractivity contribution is 7.21. The molecular formula is C22H20N4O3S. The van der Waals surface area contributed by atoms with Gasteiger partial charge in [-0.25, -0.2) is 9.78 Å². The zero-order valence-electron chi connectivity index (χ0n) is 16.3. The lowest BCUT2D eigenvalue weighted by atomic mass is 9.96. The number of thiazole rings is 1. The van der Waals surface area contributed by atoms with Gasteiger partial charge >= 0.3 is 6.03 Å². The van der Waals surface area contributed by atoms with Crippen LogP contribution in [-0.4, -0.2) is 39.8 Å². The molecule has 2 aromatic carbocycles. The molecule has 1 aromatic heterocycles. The summed E-state index contributed by atoms with van der Waals surface area (Å²) in [5, 5.41) is 6.42. The summed E-state index contributed by atoms with van der Waals surface area (Å²) in [6, 6.07) is 14.8. The third-order valence-electron chi connectivity index (χ3n) is 5.71. The summed E-state index contributed by atoms with van der Waals surface area (Å²) in [6.45, 7) is 1.44. The maximum absolute atomic E-state index is 12.6. The van der Waals surface area contributed by atoms with Gasteiger partial charge in [0.15, 0.2) is 0 Å². The number of aromatic nitrogens is 1. The van der Waals surface area contributed by atoms with Crippen molar-refractivity contribution in [2.45, 2.75) is 25.3 Å². The average molecular weight is 420 g/mol. The Balaban J connectivity index is 1.25. The van der Waals surface area contributed by atoms with Crippen molar-refractivity contribution in [3.05, 3.63) is 48.5 Å². The Kier molecular flexibility index (Phi) is 4.32. The highest BCUT2D eigenvalue weighted by Gasteiger charge is 2.56. The van der Waals surface area contributed by atoms with Gasteiger partial charge in [0, 0.05) is 11.3 Å². The van der Waals surface area contributed by atoms with Gasteiger partial charge < -0.3 is 10.6 Å². The van der Waals surface area contributed by atoms with E-state index in [1.165, 1.54) is 0 Å². The van der Waals surface area contributed by atoms with Gasteiger partial charge in [-0.2, -0.15) is 0 Å². The van der Waals surface area contributed by atoms with Crippen molar-refractivity contribution in [3.63, 3.8) is 0 Å². The minimum Gasteiger partial charge on any atom is -0.325 e. The number of hydrogen-bond acceptors (Lipinski definition) is 5. The topological polar surface area (TPSA) is 91.4 Å². The van der Waals surface area contributed by atoms with Crippen LogP contribution < -0.4 is 10.6 Å². The van der Waals surface area contributed by atoms with Crippen LogP contribution in [0.5, 0.6) is 0 Å². The number of amides is 4. The fourth-order valence-corrected chi connectivity index (χ4v) is 4.80. The molecule has 1 saturated carbocycles. The van der Waals surface area contributed by atoms with Crippen LogP contribution in [0.1, 0.15) is 19.8 Å². The lowest BCUT2D eigenvalue weighted by molar-refractivity contribution is -0.134. The standard InChI is InChI=1S/C22H20N4O3S/c1-22(14-8-9-14)20(28)26(21(29)25-22)12-18(27)23-15-10-6-13(7-11-15)19-24-16-4-2-3-5-17(16)30-19/h2-7,10-11,14H,8-9,12H2,1H3,(H,23,27)(H,25,29)/t22-/m1/s1. The SMILES string of the molecule is C[C@]1(C2CC2)NC(=O)N(CC(=O)Nc2ccc(-c3nc4ccccc4s3)cc2)C1=O. The minimum absolute atomic E-state index is 0.164. The third-order valence-corrected chi connectivity index (χ3v) is 6.79. The van der Waals surface area contributed by atoms with Gasteiger partial charge in [0.25, 0.3) is 5.91 Å². The molecule has 1 atom stereocenters. The van der Waals surface area contributed by atoms with Crippen molar-refractivity contribution < 1.29 is 14.4 Å². The second-order valence-electron chi connectivity index (χ2n) is 7.91. The van der Waals surface area contributed by atoms with Gasteiger partial charge in [-0.15, -0.1) is 11.3 Å². The molecule has 2 N–H and O–H groups in total. The molecular weight excluding hydrogens is 400 g/mol. The molecule has 30 heavy (non-hydrogen) atoms. The molecule has 1 aliphatic carbocycles. The molecule has 3 aromatic rings. The number of fused-ring (bicyclic) bond motifs is 1. The minimum atomic E-state index is -0.879. The molecule has 8 heteroatoms. The van der Waals surface area contributed by atoms with Crippen LogP contribution in [0.4, 0.5) is 10.5 Å². The first-order chi connectivity index (χ1) is 14.4. The van der Waals surface area contributed by atoms with Crippen LogP contribution in [0, 0.1) is 5.92 Å². The monoisotopic (exact) mass is 420 g/mol. The first kappa shape index (κ1) is 18.7. The van der Waals surface area contributed by atoms with E-state index in [4.69, 9.17) is 0 Å². The van der Waals surface area contributed by atoms with Crippen molar-refractivity contribution >= 4 is 45.1 Å². The Hall–Kier alpha value is -3.26. The lowest BCUT2D eigenvalue weighted by Gasteiger charge is -2.20. The molecule has 4 amide bonds. The normalized spacial score (nSPS) is 21.2. The highest BCUT2D eigenvalue weighted by Crippen LogP contribution is 2.42. The molecule has 0 unspecified atom stereocenters. The number of hydrogen-bond donors (Lipinski definition) is 2. The highest BCUT2D eigenvalue weighted by atomic mass is 32.1. The van der Waals surface area contributed by atoms with Gasteiger partial charge in [0.1, 0.15) is 17.1 Å².